The van der Waals surface area contributed by atoms with Gasteiger partial charge in [-0.3, -0.25) is 0 Å². The summed E-state index contributed by atoms with van der Waals surface area (Å²) in [4.78, 5) is 5.03. The standard InChI is InChI=1S/C26H31F2N3O4S2/c1-18-6-4-12-30(15-18)37(32,33)21-10-11-23-22(14-21)29-26(31(23)16-20-8-5-13-34-20)36-17-19-7-2-3-9-24(19)35-25(27)28/h2-3,7,9-11,14,18,20,25H,4-6,8,12-13,15-17H2,1H3. The third kappa shape index (κ3) is 5.94. The predicted molar refractivity (Wildman–Crippen MR) is 138 cm³/mol. The van der Waals surface area contributed by atoms with E-state index in [1.54, 1.807) is 34.6 Å². The Labute approximate surface area is 220 Å². The zero-order valence-electron chi connectivity index (χ0n) is 20.7. The number of sulfonamides is 1. The van der Waals surface area contributed by atoms with Crippen LogP contribution in [0.2, 0.25) is 0 Å². The number of thioether (sulfide) groups is 1. The Kier molecular flexibility index (Phi) is 8.04. The van der Waals surface area contributed by atoms with Gasteiger partial charge in [0.15, 0.2) is 5.16 Å². The lowest BCUT2D eigenvalue weighted by atomic mass is 10.0. The first kappa shape index (κ1) is 26.4. The third-order valence-corrected chi connectivity index (χ3v) is 9.78. The molecule has 7 nitrogen and oxygen atoms in total. The molecule has 11 heteroatoms. The molecule has 2 aromatic carbocycles. The van der Waals surface area contributed by atoms with Crippen molar-refractivity contribution in [1.82, 2.24) is 13.9 Å². The minimum Gasteiger partial charge on any atom is -0.435 e. The summed E-state index contributed by atoms with van der Waals surface area (Å²) in [5.41, 5.74) is 2.04. The van der Waals surface area contributed by atoms with E-state index in [1.807, 2.05) is 10.6 Å². The number of alkyl halides is 2. The van der Waals surface area contributed by atoms with Crippen LogP contribution in [0, 0.1) is 5.92 Å². The zero-order chi connectivity index (χ0) is 26.0. The Bertz CT molecular complexity index is 1340. The first-order valence-electron chi connectivity index (χ1n) is 12.6. The van der Waals surface area contributed by atoms with Crippen molar-refractivity contribution in [3.05, 3.63) is 48.0 Å². The fourth-order valence-electron chi connectivity index (χ4n) is 5.02. The topological polar surface area (TPSA) is 73.7 Å². The number of fused-ring (bicyclic) bond motifs is 1. The molecule has 2 atom stereocenters. The lowest BCUT2D eigenvalue weighted by Gasteiger charge is -2.30. The Hall–Kier alpha value is -2.21. The van der Waals surface area contributed by atoms with Crippen LogP contribution in [0.4, 0.5) is 8.78 Å². The number of imidazole rings is 1. The summed E-state index contributed by atoms with van der Waals surface area (Å²) in [5.74, 6) is 0.836. The van der Waals surface area contributed by atoms with Crippen molar-refractivity contribution in [3.63, 3.8) is 0 Å². The number of hydrogen-bond acceptors (Lipinski definition) is 6. The Morgan fingerprint density at radius 3 is 2.78 bits per heavy atom. The minimum absolute atomic E-state index is 0.0458. The SMILES string of the molecule is CC1CCCN(S(=O)(=O)c2ccc3c(c2)nc(SCc2ccccc2OC(F)F)n3CC2CCCO2)C1. The van der Waals surface area contributed by atoms with E-state index in [1.165, 1.54) is 17.8 Å². The predicted octanol–water partition coefficient (Wildman–Crippen LogP) is 5.53. The molecular weight excluding hydrogens is 520 g/mol. The van der Waals surface area contributed by atoms with Crippen LogP contribution < -0.4 is 4.74 Å². The molecule has 0 radical (unpaired) electrons. The number of rotatable bonds is 9. The van der Waals surface area contributed by atoms with Crippen molar-refractivity contribution in [2.75, 3.05) is 19.7 Å². The number of benzene rings is 2. The fourth-order valence-corrected chi connectivity index (χ4v) is 7.65. The van der Waals surface area contributed by atoms with E-state index in [9.17, 15) is 17.2 Å². The average molecular weight is 552 g/mol. The second-order valence-corrected chi connectivity index (χ2v) is 12.6. The molecule has 0 N–H and O–H groups in total. The van der Waals surface area contributed by atoms with Crippen LogP contribution >= 0.6 is 11.8 Å². The molecule has 0 bridgehead atoms. The van der Waals surface area contributed by atoms with Gasteiger partial charge in [0.1, 0.15) is 5.75 Å². The van der Waals surface area contributed by atoms with Gasteiger partial charge >= 0.3 is 6.61 Å². The minimum atomic E-state index is -3.62. The first-order chi connectivity index (χ1) is 17.8. The molecule has 2 aliphatic heterocycles. The Morgan fingerprint density at radius 1 is 1.19 bits per heavy atom. The van der Waals surface area contributed by atoms with Crippen LogP contribution in [-0.2, 0) is 27.1 Å². The van der Waals surface area contributed by atoms with Gasteiger partial charge in [-0.05, 0) is 55.9 Å². The molecule has 2 saturated heterocycles. The fraction of sp³-hybridized carbons (Fsp3) is 0.500. The molecular formula is C26H31F2N3O4S2. The molecule has 2 aliphatic rings. The van der Waals surface area contributed by atoms with Gasteiger partial charge in [0.25, 0.3) is 0 Å². The highest BCUT2D eigenvalue weighted by Gasteiger charge is 2.29. The summed E-state index contributed by atoms with van der Waals surface area (Å²) in [7, 11) is -3.62. The second kappa shape index (κ2) is 11.3. The largest absolute Gasteiger partial charge is 0.435 e. The summed E-state index contributed by atoms with van der Waals surface area (Å²) < 4.78 is 66.7. The third-order valence-electron chi connectivity index (χ3n) is 6.90. The van der Waals surface area contributed by atoms with Crippen molar-refractivity contribution >= 4 is 32.8 Å². The summed E-state index contributed by atoms with van der Waals surface area (Å²) in [5, 5.41) is 0.679. The lowest BCUT2D eigenvalue weighted by Crippen LogP contribution is -2.39. The Morgan fingerprint density at radius 2 is 2.03 bits per heavy atom. The molecule has 1 aromatic heterocycles. The van der Waals surface area contributed by atoms with Gasteiger partial charge in [0.2, 0.25) is 10.0 Å². The average Bonchev–Trinajstić information content (AvgIpc) is 3.51. The summed E-state index contributed by atoms with van der Waals surface area (Å²) >= 11 is 1.40. The maximum absolute atomic E-state index is 13.4. The Balaban J connectivity index is 1.46. The number of aromatic nitrogens is 2. The molecule has 37 heavy (non-hydrogen) atoms. The smallest absolute Gasteiger partial charge is 0.387 e. The van der Waals surface area contributed by atoms with E-state index in [0.29, 0.717) is 47.5 Å². The highest BCUT2D eigenvalue weighted by Crippen LogP contribution is 2.33. The van der Waals surface area contributed by atoms with Crippen LogP contribution in [0.25, 0.3) is 11.0 Å². The van der Waals surface area contributed by atoms with Crippen LogP contribution in [0.15, 0.2) is 52.5 Å². The van der Waals surface area contributed by atoms with Gasteiger partial charge in [-0.2, -0.15) is 13.1 Å². The molecule has 2 fully saturated rings. The van der Waals surface area contributed by atoms with Crippen molar-refractivity contribution in [2.45, 2.75) is 67.7 Å². The van der Waals surface area contributed by atoms with E-state index in [4.69, 9.17) is 9.72 Å². The highest BCUT2D eigenvalue weighted by atomic mass is 32.2. The van der Waals surface area contributed by atoms with Crippen molar-refractivity contribution < 1.29 is 26.7 Å². The summed E-state index contributed by atoms with van der Waals surface area (Å²) in [6.45, 7) is 1.52. The van der Waals surface area contributed by atoms with Gasteiger partial charge in [-0.1, -0.05) is 36.9 Å². The molecule has 0 spiro atoms. The highest BCUT2D eigenvalue weighted by molar-refractivity contribution is 7.98. The number of para-hydroxylation sites is 1. The molecule has 0 aliphatic carbocycles. The maximum Gasteiger partial charge on any atom is 0.387 e. The molecule has 0 amide bonds. The quantitative estimate of drug-likeness (QED) is 0.326. The summed E-state index contributed by atoms with van der Waals surface area (Å²) in [6.07, 6.45) is 3.87. The second-order valence-electron chi connectivity index (χ2n) is 9.68. The lowest BCUT2D eigenvalue weighted by molar-refractivity contribution is -0.0503. The van der Waals surface area contributed by atoms with Crippen molar-refractivity contribution in [1.29, 1.82) is 0 Å². The van der Waals surface area contributed by atoms with Crippen molar-refractivity contribution in [2.24, 2.45) is 5.92 Å². The van der Waals surface area contributed by atoms with Crippen molar-refractivity contribution in [3.8, 4) is 5.75 Å². The van der Waals surface area contributed by atoms with Crippen LogP contribution in [0.1, 0.15) is 38.2 Å². The van der Waals surface area contributed by atoms with Crippen LogP contribution in [-0.4, -0.2) is 54.7 Å². The van der Waals surface area contributed by atoms with E-state index in [2.05, 4.69) is 11.7 Å². The van der Waals surface area contributed by atoms with E-state index in [-0.39, 0.29) is 16.7 Å². The number of hydrogen-bond donors (Lipinski definition) is 0. The molecule has 3 aromatic rings. The van der Waals surface area contributed by atoms with Crippen LogP contribution in [0.5, 0.6) is 5.75 Å². The van der Waals surface area contributed by atoms with Gasteiger partial charge in [0, 0.05) is 31.0 Å². The van der Waals surface area contributed by atoms with E-state index >= 15 is 0 Å². The van der Waals surface area contributed by atoms with Gasteiger partial charge in [-0.25, -0.2) is 13.4 Å². The molecule has 200 valence electrons. The maximum atomic E-state index is 13.4. The normalized spacial score (nSPS) is 21.2. The monoisotopic (exact) mass is 551 g/mol. The number of ether oxygens (including phenoxy) is 2. The number of piperidine rings is 1. The molecule has 2 unspecified atom stereocenters. The van der Waals surface area contributed by atoms with Gasteiger partial charge < -0.3 is 14.0 Å². The summed E-state index contributed by atoms with van der Waals surface area (Å²) in [6, 6.07) is 11.8. The number of halogens is 2. The number of nitrogens with zero attached hydrogens (tertiary/aromatic N) is 3. The van der Waals surface area contributed by atoms with E-state index < -0.39 is 16.6 Å². The molecule has 3 heterocycles. The molecule has 0 saturated carbocycles. The molecule has 5 rings (SSSR count). The van der Waals surface area contributed by atoms with Gasteiger partial charge in [0.05, 0.1) is 28.6 Å². The van der Waals surface area contributed by atoms with Gasteiger partial charge in [-0.15, -0.1) is 0 Å². The van der Waals surface area contributed by atoms with E-state index in [0.717, 1.165) is 37.8 Å². The first-order valence-corrected chi connectivity index (χ1v) is 15.0. The van der Waals surface area contributed by atoms with Crippen LogP contribution in [0.3, 0.4) is 0 Å². The zero-order valence-corrected chi connectivity index (χ0v) is 22.3.